The van der Waals surface area contributed by atoms with Gasteiger partial charge in [0, 0.05) is 24.2 Å². The van der Waals surface area contributed by atoms with Gasteiger partial charge in [-0.15, -0.1) is 24.8 Å². The molecule has 4 nitrogen and oxygen atoms in total. The number of nitrogens with zero attached hydrogens (tertiary/aromatic N) is 1. The van der Waals surface area contributed by atoms with Crippen molar-refractivity contribution in [2.24, 2.45) is 0 Å². The minimum Gasteiger partial charge on any atom is -0.351 e. The number of piperidine rings is 1. The van der Waals surface area contributed by atoms with Crippen LogP contribution in [0.2, 0.25) is 5.02 Å². The highest BCUT2D eigenvalue weighted by molar-refractivity contribution is 6.31. The van der Waals surface area contributed by atoms with E-state index >= 15 is 0 Å². The van der Waals surface area contributed by atoms with Crippen LogP contribution in [-0.4, -0.2) is 42.5 Å². The van der Waals surface area contributed by atoms with E-state index in [1.807, 2.05) is 0 Å². The molecule has 0 saturated carbocycles. The SMILES string of the molecule is Cl.Cl.O=C(NC1CCCN(Cc2ccc(F)cc2Cl)C1)C1CCCN1. The average molecular weight is 413 g/mol. The molecule has 1 aromatic rings. The minimum absolute atomic E-state index is 0. The molecule has 142 valence electrons. The molecule has 2 unspecified atom stereocenters. The van der Waals surface area contributed by atoms with Crippen molar-refractivity contribution in [1.82, 2.24) is 15.5 Å². The van der Waals surface area contributed by atoms with Crippen molar-refractivity contribution in [3.05, 3.63) is 34.6 Å². The van der Waals surface area contributed by atoms with Gasteiger partial charge in [-0.25, -0.2) is 4.39 Å². The molecule has 0 aliphatic carbocycles. The molecular weight excluding hydrogens is 388 g/mol. The van der Waals surface area contributed by atoms with E-state index in [0.717, 1.165) is 50.9 Å². The van der Waals surface area contributed by atoms with Crippen LogP contribution in [-0.2, 0) is 11.3 Å². The maximum Gasteiger partial charge on any atom is 0.237 e. The molecule has 2 heterocycles. The first-order valence-corrected chi connectivity index (χ1v) is 8.69. The average Bonchev–Trinajstić information content (AvgIpc) is 3.05. The van der Waals surface area contributed by atoms with Crippen LogP contribution in [0, 0.1) is 5.82 Å². The number of nitrogens with one attached hydrogen (secondary N) is 2. The zero-order valence-corrected chi connectivity index (χ0v) is 16.4. The molecule has 2 N–H and O–H groups in total. The lowest BCUT2D eigenvalue weighted by atomic mass is 10.0. The van der Waals surface area contributed by atoms with Crippen molar-refractivity contribution in [3.63, 3.8) is 0 Å². The van der Waals surface area contributed by atoms with Crippen LogP contribution < -0.4 is 10.6 Å². The molecule has 0 spiro atoms. The Kier molecular flexibility index (Phi) is 9.46. The Hall–Kier alpha value is -0.590. The zero-order chi connectivity index (χ0) is 16.2. The van der Waals surface area contributed by atoms with E-state index in [2.05, 4.69) is 15.5 Å². The standard InChI is InChI=1S/C17H23ClFN3O.2ClH/c18-15-9-13(19)6-5-12(15)10-22-8-2-3-14(11-22)21-17(23)16-4-1-7-20-16;;/h5-6,9,14,16,20H,1-4,7-8,10-11H2,(H,21,23);2*1H. The Labute approximate surface area is 165 Å². The van der Waals surface area contributed by atoms with Crippen LogP contribution in [0.25, 0.3) is 0 Å². The Bertz CT molecular complexity index is 570. The van der Waals surface area contributed by atoms with E-state index < -0.39 is 0 Å². The molecule has 2 aliphatic heterocycles. The fourth-order valence-corrected chi connectivity index (χ4v) is 3.64. The summed E-state index contributed by atoms with van der Waals surface area (Å²) in [7, 11) is 0. The van der Waals surface area contributed by atoms with Crippen LogP contribution >= 0.6 is 36.4 Å². The third-order valence-electron chi connectivity index (χ3n) is 4.64. The van der Waals surface area contributed by atoms with Crippen LogP contribution in [0.5, 0.6) is 0 Å². The van der Waals surface area contributed by atoms with Gasteiger partial charge in [-0.3, -0.25) is 9.69 Å². The van der Waals surface area contributed by atoms with Gasteiger partial charge in [0.05, 0.1) is 6.04 Å². The summed E-state index contributed by atoms with van der Waals surface area (Å²) in [6.07, 6.45) is 4.04. The van der Waals surface area contributed by atoms with Gasteiger partial charge >= 0.3 is 0 Å². The third kappa shape index (κ3) is 6.26. The van der Waals surface area contributed by atoms with Crippen molar-refractivity contribution in [2.45, 2.75) is 44.3 Å². The van der Waals surface area contributed by atoms with Gasteiger partial charge < -0.3 is 10.6 Å². The number of likely N-dealkylation sites (tertiary alicyclic amines) is 1. The number of carbonyl (C=O) groups excluding carboxylic acids is 1. The van der Waals surface area contributed by atoms with Crippen LogP contribution in [0.15, 0.2) is 18.2 Å². The fourth-order valence-electron chi connectivity index (χ4n) is 3.42. The number of halogens is 4. The Morgan fingerprint density at radius 3 is 2.80 bits per heavy atom. The summed E-state index contributed by atoms with van der Waals surface area (Å²) in [5.41, 5.74) is 0.928. The Morgan fingerprint density at radius 2 is 2.12 bits per heavy atom. The Balaban J connectivity index is 0.00000156. The number of carbonyl (C=O) groups is 1. The first-order valence-electron chi connectivity index (χ1n) is 8.32. The number of hydrogen-bond acceptors (Lipinski definition) is 3. The molecule has 0 radical (unpaired) electrons. The molecular formula is C17H25Cl3FN3O. The molecule has 2 saturated heterocycles. The highest BCUT2D eigenvalue weighted by Gasteiger charge is 2.27. The lowest BCUT2D eigenvalue weighted by molar-refractivity contribution is -0.123. The predicted octanol–water partition coefficient (Wildman–Crippen LogP) is 3.16. The van der Waals surface area contributed by atoms with Crippen LogP contribution in [0.1, 0.15) is 31.2 Å². The molecule has 2 fully saturated rings. The number of hydrogen-bond donors (Lipinski definition) is 2. The molecule has 25 heavy (non-hydrogen) atoms. The van der Waals surface area contributed by atoms with Crippen molar-refractivity contribution < 1.29 is 9.18 Å². The monoisotopic (exact) mass is 411 g/mol. The second kappa shape index (κ2) is 10.5. The molecule has 1 aromatic carbocycles. The number of amides is 1. The van der Waals surface area contributed by atoms with Crippen molar-refractivity contribution in [1.29, 1.82) is 0 Å². The van der Waals surface area contributed by atoms with Gasteiger partial charge in [-0.05, 0) is 56.5 Å². The lowest BCUT2D eigenvalue weighted by Gasteiger charge is -2.33. The first kappa shape index (κ1) is 22.5. The maximum absolute atomic E-state index is 13.1. The van der Waals surface area contributed by atoms with Crippen molar-refractivity contribution in [2.75, 3.05) is 19.6 Å². The molecule has 0 aromatic heterocycles. The molecule has 2 aliphatic rings. The summed E-state index contributed by atoms with van der Waals surface area (Å²) in [5.74, 6) is -0.194. The maximum atomic E-state index is 13.1. The largest absolute Gasteiger partial charge is 0.351 e. The van der Waals surface area contributed by atoms with E-state index in [1.165, 1.54) is 12.1 Å². The van der Waals surface area contributed by atoms with Crippen molar-refractivity contribution >= 4 is 42.3 Å². The topological polar surface area (TPSA) is 44.4 Å². The second-order valence-electron chi connectivity index (χ2n) is 6.47. The summed E-state index contributed by atoms with van der Waals surface area (Å²) in [6, 6.07) is 4.68. The van der Waals surface area contributed by atoms with E-state index in [0.29, 0.717) is 11.6 Å². The highest BCUT2D eigenvalue weighted by Crippen LogP contribution is 2.21. The third-order valence-corrected chi connectivity index (χ3v) is 4.99. The molecule has 3 rings (SSSR count). The van der Waals surface area contributed by atoms with Gasteiger partial charge in [0.15, 0.2) is 0 Å². The minimum atomic E-state index is -0.313. The normalized spacial score (nSPS) is 23.4. The predicted molar refractivity (Wildman–Crippen MR) is 103 cm³/mol. The van der Waals surface area contributed by atoms with Gasteiger partial charge in [0.25, 0.3) is 0 Å². The van der Waals surface area contributed by atoms with Gasteiger partial charge in [-0.2, -0.15) is 0 Å². The van der Waals surface area contributed by atoms with Crippen LogP contribution in [0.4, 0.5) is 4.39 Å². The summed E-state index contributed by atoms with van der Waals surface area (Å²) >= 11 is 6.11. The van der Waals surface area contributed by atoms with Crippen molar-refractivity contribution in [3.8, 4) is 0 Å². The fraction of sp³-hybridized carbons (Fsp3) is 0.588. The lowest BCUT2D eigenvalue weighted by Crippen LogP contribution is -2.51. The van der Waals surface area contributed by atoms with E-state index in [-0.39, 0.29) is 48.6 Å². The summed E-state index contributed by atoms with van der Waals surface area (Å²) in [6.45, 7) is 3.40. The summed E-state index contributed by atoms with van der Waals surface area (Å²) < 4.78 is 13.1. The number of rotatable bonds is 4. The van der Waals surface area contributed by atoms with E-state index in [9.17, 15) is 9.18 Å². The van der Waals surface area contributed by atoms with E-state index in [1.54, 1.807) is 6.07 Å². The van der Waals surface area contributed by atoms with Gasteiger partial charge in [-0.1, -0.05) is 17.7 Å². The van der Waals surface area contributed by atoms with Gasteiger partial charge in [0.1, 0.15) is 5.82 Å². The second-order valence-corrected chi connectivity index (χ2v) is 6.87. The molecule has 1 amide bonds. The molecule has 8 heteroatoms. The molecule has 2 atom stereocenters. The smallest absolute Gasteiger partial charge is 0.237 e. The molecule has 0 bridgehead atoms. The number of benzene rings is 1. The first-order chi connectivity index (χ1) is 11.1. The zero-order valence-electron chi connectivity index (χ0n) is 14.0. The summed E-state index contributed by atoms with van der Waals surface area (Å²) in [5, 5.41) is 6.86. The highest BCUT2D eigenvalue weighted by atomic mass is 35.5. The Morgan fingerprint density at radius 1 is 1.32 bits per heavy atom. The summed E-state index contributed by atoms with van der Waals surface area (Å²) in [4.78, 5) is 14.5. The quantitative estimate of drug-likeness (QED) is 0.798. The van der Waals surface area contributed by atoms with Gasteiger partial charge in [0.2, 0.25) is 5.91 Å². The van der Waals surface area contributed by atoms with Crippen LogP contribution in [0.3, 0.4) is 0 Å². The van der Waals surface area contributed by atoms with E-state index in [4.69, 9.17) is 11.6 Å².